The van der Waals surface area contributed by atoms with Gasteiger partial charge in [0.2, 0.25) is 11.3 Å². The molecule has 1 aromatic heterocycles. The van der Waals surface area contributed by atoms with Crippen LogP contribution in [-0.2, 0) is 16.1 Å². The minimum Gasteiger partial charge on any atom is -0.480 e. The van der Waals surface area contributed by atoms with Crippen LogP contribution in [0.1, 0.15) is 22.8 Å². The lowest BCUT2D eigenvalue weighted by molar-refractivity contribution is -0.135. The van der Waals surface area contributed by atoms with E-state index in [4.69, 9.17) is 5.11 Å². The van der Waals surface area contributed by atoms with Crippen molar-refractivity contribution in [1.82, 2.24) is 9.88 Å². The van der Waals surface area contributed by atoms with E-state index in [2.05, 4.69) is 10.6 Å². The Morgan fingerprint density at radius 2 is 1.66 bits per heavy atom. The maximum Gasteiger partial charge on any atom is 0.322 e. The summed E-state index contributed by atoms with van der Waals surface area (Å²) in [5.74, 6) is -2.15. The van der Waals surface area contributed by atoms with Crippen LogP contribution in [-0.4, -0.2) is 34.0 Å². The summed E-state index contributed by atoms with van der Waals surface area (Å²) in [5, 5.41) is 14.3. The van der Waals surface area contributed by atoms with Gasteiger partial charge in [-0.25, -0.2) is 0 Å². The van der Waals surface area contributed by atoms with Crippen LogP contribution in [0.15, 0.2) is 83.8 Å². The van der Waals surface area contributed by atoms with Gasteiger partial charge in [-0.05, 0) is 41.0 Å². The van der Waals surface area contributed by atoms with E-state index in [1.54, 1.807) is 28.8 Å². The number of fused-ring (bicyclic) bond motifs is 1. The lowest BCUT2D eigenvalue weighted by Gasteiger charge is -2.15. The summed E-state index contributed by atoms with van der Waals surface area (Å²) in [7, 11) is 0. The van der Waals surface area contributed by atoms with Crippen LogP contribution in [0.4, 0.5) is 5.69 Å². The van der Waals surface area contributed by atoms with Gasteiger partial charge in [0.05, 0.1) is 5.52 Å². The van der Waals surface area contributed by atoms with Crippen molar-refractivity contribution >= 4 is 34.4 Å². The first kappa shape index (κ1) is 23.4. The fourth-order valence-electron chi connectivity index (χ4n) is 3.88. The zero-order valence-electron chi connectivity index (χ0n) is 18.9. The Kier molecular flexibility index (Phi) is 6.73. The van der Waals surface area contributed by atoms with E-state index in [1.807, 2.05) is 48.5 Å². The Balaban J connectivity index is 1.85. The number of aliphatic carboxylic acids is 1. The van der Waals surface area contributed by atoms with E-state index in [-0.39, 0.29) is 11.5 Å². The average molecular weight is 469 g/mol. The highest BCUT2D eigenvalue weighted by molar-refractivity contribution is 5.99. The normalized spacial score (nSPS) is 10.7. The molecule has 3 N–H and O–H groups in total. The molecule has 0 saturated heterocycles. The number of aromatic nitrogens is 1. The van der Waals surface area contributed by atoms with Crippen molar-refractivity contribution in [3.05, 3.63) is 100 Å². The third kappa shape index (κ3) is 5.44. The van der Waals surface area contributed by atoms with Crippen LogP contribution in [0.5, 0.6) is 0 Å². The van der Waals surface area contributed by atoms with Gasteiger partial charge < -0.3 is 20.3 Å². The number of nitrogens with one attached hydrogen (secondary N) is 2. The first-order valence-electron chi connectivity index (χ1n) is 10.9. The fraction of sp³-hybridized carbons (Fsp3) is 0.111. The molecule has 4 rings (SSSR count). The molecule has 0 radical (unpaired) electrons. The van der Waals surface area contributed by atoms with Crippen molar-refractivity contribution < 1.29 is 19.5 Å². The molecule has 176 valence electrons. The maximum absolute atomic E-state index is 13.3. The number of rotatable bonds is 7. The smallest absolute Gasteiger partial charge is 0.322 e. The topological polar surface area (TPSA) is 118 Å². The lowest BCUT2D eigenvalue weighted by Crippen LogP contribution is -2.33. The summed E-state index contributed by atoms with van der Waals surface area (Å²) >= 11 is 0. The quantitative estimate of drug-likeness (QED) is 0.383. The minimum absolute atomic E-state index is 0.140. The van der Waals surface area contributed by atoms with Gasteiger partial charge in [0.25, 0.3) is 5.91 Å². The van der Waals surface area contributed by atoms with Gasteiger partial charge >= 0.3 is 5.97 Å². The molecule has 4 aromatic rings. The second-order valence-electron chi connectivity index (χ2n) is 8.06. The highest BCUT2D eigenvalue weighted by Crippen LogP contribution is 2.26. The van der Waals surface area contributed by atoms with Gasteiger partial charge in [-0.3, -0.25) is 19.2 Å². The monoisotopic (exact) mass is 469 g/mol. The van der Waals surface area contributed by atoms with Crippen molar-refractivity contribution in [3.63, 3.8) is 0 Å². The van der Waals surface area contributed by atoms with Crippen LogP contribution in [0.2, 0.25) is 0 Å². The van der Waals surface area contributed by atoms with Crippen molar-refractivity contribution in [2.45, 2.75) is 13.5 Å². The molecule has 35 heavy (non-hydrogen) atoms. The number of pyridine rings is 1. The first-order chi connectivity index (χ1) is 16.8. The van der Waals surface area contributed by atoms with Gasteiger partial charge in [-0.15, -0.1) is 0 Å². The third-order valence-electron chi connectivity index (χ3n) is 5.44. The molecule has 8 heteroatoms. The largest absolute Gasteiger partial charge is 0.480 e. The van der Waals surface area contributed by atoms with E-state index in [1.165, 1.54) is 13.1 Å². The molecule has 0 aliphatic rings. The summed E-state index contributed by atoms with van der Waals surface area (Å²) in [6.45, 7) is 1.24. The predicted molar refractivity (Wildman–Crippen MR) is 133 cm³/mol. The molecule has 0 aliphatic heterocycles. The predicted octanol–water partition coefficient (Wildman–Crippen LogP) is 3.49. The number of anilines is 1. The zero-order chi connectivity index (χ0) is 24.9. The Hall–Kier alpha value is -4.72. The van der Waals surface area contributed by atoms with Gasteiger partial charge in [0.1, 0.15) is 12.1 Å². The van der Waals surface area contributed by atoms with Crippen molar-refractivity contribution in [2.75, 3.05) is 11.9 Å². The van der Waals surface area contributed by atoms with Crippen molar-refractivity contribution in [1.29, 1.82) is 0 Å². The summed E-state index contributed by atoms with van der Waals surface area (Å²) < 4.78 is 1.80. The van der Waals surface area contributed by atoms with E-state index < -0.39 is 23.9 Å². The molecule has 8 nitrogen and oxygen atoms in total. The molecule has 0 aliphatic carbocycles. The Labute approximate surface area is 200 Å². The van der Waals surface area contributed by atoms with Gasteiger partial charge in [0.15, 0.2) is 0 Å². The second kappa shape index (κ2) is 10.0. The fourth-order valence-corrected chi connectivity index (χ4v) is 3.88. The molecule has 2 amide bonds. The molecule has 0 fully saturated rings. The number of hydrogen-bond acceptors (Lipinski definition) is 4. The van der Waals surface area contributed by atoms with E-state index in [0.29, 0.717) is 23.1 Å². The molecular weight excluding hydrogens is 446 g/mol. The number of carbonyl (C=O) groups is 3. The number of hydrogen-bond donors (Lipinski definition) is 3. The van der Waals surface area contributed by atoms with Gasteiger partial charge in [-0.1, -0.05) is 48.5 Å². The minimum atomic E-state index is -1.20. The van der Waals surface area contributed by atoms with E-state index in [0.717, 1.165) is 16.7 Å². The second-order valence-corrected chi connectivity index (χ2v) is 8.06. The number of carbonyl (C=O) groups excluding carboxylic acids is 2. The maximum atomic E-state index is 13.3. The summed E-state index contributed by atoms with van der Waals surface area (Å²) in [4.78, 5) is 48.4. The van der Waals surface area contributed by atoms with Crippen LogP contribution in [0.3, 0.4) is 0 Å². The summed E-state index contributed by atoms with van der Waals surface area (Å²) in [6, 6.07) is 22.2. The van der Waals surface area contributed by atoms with Gasteiger partial charge in [-0.2, -0.15) is 0 Å². The molecule has 1 heterocycles. The van der Waals surface area contributed by atoms with E-state index in [9.17, 15) is 19.2 Å². The van der Waals surface area contributed by atoms with Gasteiger partial charge in [0, 0.05) is 30.7 Å². The number of nitrogens with zero attached hydrogens (tertiary/aromatic N) is 1. The van der Waals surface area contributed by atoms with Crippen LogP contribution < -0.4 is 16.1 Å². The number of carboxylic acid groups (broad SMARTS) is 1. The SMILES string of the molecule is CC(=O)Nc1cccc(-c2ccc3c(c2)c(=O)c(C(=O)NCC(=O)O)cn3Cc2ccccc2)c1. The number of benzene rings is 3. The van der Waals surface area contributed by atoms with Crippen molar-refractivity contribution in [3.8, 4) is 11.1 Å². The molecular formula is C27H23N3O5. The van der Waals surface area contributed by atoms with E-state index >= 15 is 0 Å². The number of amides is 2. The molecule has 3 aromatic carbocycles. The molecule has 0 atom stereocenters. The molecule has 0 spiro atoms. The third-order valence-corrected chi connectivity index (χ3v) is 5.44. The van der Waals surface area contributed by atoms with Crippen molar-refractivity contribution in [2.24, 2.45) is 0 Å². The zero-order valence-corrected chi connectivity index (χ0v) is 18.9. The van der Waals surface area contributed by atoms with Crippen LogP contribution >= 0.6 is 0 Å². The molecule has 0 saturated carbocycles. The summed E-state index contributed by atoms with van der Waals surface area (Å²) in [6.07, 6.45) is 1.46. The number of carboxylic acids is 1. The molecule has 0 unspecified atom stereocenters. The standard InChI is InChI=1S/C27H23N3O5/c1-17(31)29-21-9-5-8-19(12-21)20-10-11-24-22(13-20)26(34)23(27(35)28-14-25(32)33)16-30(24)15-18-6-3-2-4-7-18/h2-13,16H,14-15H2,1H3,(H,28,35)(H,29,31)(H,32,33). The Bertz CT molecular complexity index is 1490. The Morgan fingerprint density at radius 1 is 0.914 bits per heavy atom. The van der Waals surface area contributed by atoms with Crippen LogP contribution in [0.25, 0.3) is 22.0 Å². The average Bonchev–Trinajstić information content (AvgIpc) is 2.84. The molecule has 0 bridgehead atoms. The lowest BCUT2D eigenvalue weighted by atomic mass is 10.0. The Morgan fingerprint density at radius 3 is 2.37 bits per heavy atom. The highest BCUT2D eigenvalue weighted by Gasteiger charge is 2.17. The summed E-state index contributed by atoms with van der Waals surface area (Å²) in [5.41, 5.74) is 3.12. The highest BCUT2D eigenvalue weighted by atomic mass is 16.4. The first-order valence-corrected chi connectivity index (χ1v) is 10.9. The van der Waals surface area contributed by atoms with Crippen LogP contribution in [0, 0.1) is 0 Å².